The first-order chi connectivity index (χ1) is 11.8. The average molecular weight is 348 g/mol. The van der Waals surface area contributed by atoms with E-state index in [1.165, 1.54) is 0 Å². The van der Waals surface area contributed by atoms with Crippen LogP contribution < -0.4 is 0 Å². The molecule has 2 amide bonds. The molecule has 1 heterocycles. The van der Waals surface area contributed by atoms with E-state index in [4.69, 9.17) is 9.47 Å². The van der Waals surface area contributed by atoms with E-state index >= 15 is 0 Å². The van der Waals surface area contributed by atoms with Crippen molar-refractivity contribution in [2.24, 2.45) is 0 Å². The second-order valence-corrected chi connectivity index (χ2v) is 7.36. The summed E-state index contributed by atoms with van der Waals surface area (Å²) < 4.78 is 10.9. The van der Waals surface area contributed by atoms with E-state index in [0.717, 1.165) is 5.56 Å². The van der Waals surface area contributed by atoms with Gasteiger partial charge in [-0.05, 0) is 39.7 Å². The Balaban J connectivity index is 1.90. The summed E-state index contributed by atoms with van der Waals surface area (Å²) in [6.45, 7) is 9.29. The molecule has 2 rings (SSSR count). The van der Waals surface area contributed by atoms with Gasteiger partial charge in [-0.15, -0.1) is 0 Å². The minimum atomic E-state index is -0.527. The highest BCUT2D eigenvalue weighted by molar-refractivity contribution is 5.70. The van der Waals surface area contributed by atoms with Gasteiger partial charge in [-0.25, -0.2) is 9.59 Å². The average Bonchev–Trinajstić information content (AvgIpc) is 2.74. The van der Waals surface area contributed by atoms with Crippen LogP contribution in [0.25, 0.3) is 0 Å². The van der Waals surface area contributed by atoms with Crippen LogP contribution in [0.15, 0.2) is 30.3 Å². The SMILES string of the molecule is C[C@H]1CN(C(=O)OC(C)(C)C)CCCN1C(=O)OCc1ccccc1. The van der Waals surface area contributed by atoms with Crippen molar-refractivity contribution in [3.05, 3.63) is 35.9 Å². The molecule has 0 spiro atoms. The lowest BCUT2D eigenvalue weighted by Gasteiger charge is -2.30. The Labute approximate surface area is 149 Å². The Morgan fingerprint density at radius 1 is 1.12 bits per heavy atom. The van der Waals surface area contributed by atoms with E-state index in [1.807, 2.05) is 58.0 Å². The fourth-order valence-corrected chi connectivity index (χ4v) is 2.73. The van der Waals surface area contributed by atoms with E-state index in [0.29, 0.717) is 26.1 Å². The Bertz CT molecular complexity index is 583. The van der Waals surface area contributed by atoms with Crippen molar-refractivity contribution in [1.82, 2.24) is 9.80 Å². The van der Waals surface area contributed by atoms with Crippen molar-refractivity contribution in [2.45, 2.75) is 52.4 Å². The minimum Gasteiger partial charge on any atom is -0.445 e. The van der Waals surface area contributed by atoms with Gasteiger partial charge in [0.15, 0.2) is 0 Å². The van der Waals surface area contributed by atoms with Crippen LogP contribution >= 0.6 is 0 Å². The van der Waals surface area contributed by atoms with Crippen molar-refractivity contribution >= 4 is 12.2 Å². The van der Waals surface area contributed by atoms with Crippen LogP contribution in [0.5, 0.6) is 0 Å². The number of rotatable bonds is 2. The lowest BCUT2D eigenvalue weighted by Crippen LogP contribution is -2.45. The van der Waals surface area contributed by atoms with Crippen molar-refractivity contribution in [2.75, 3.05) is 19.6 Å². The predicted molar refractivity (Wildman–Crippen MR) is 95.2 cm³/mol. The summed E-state index contributed by atoms with van der Waals surface area (Å²) in [5, 5.41) is 0. The zero-order chi connectivity index (χ0) is 18.4. The highest BCUT2D eigenvalue weighted by Crippen LogP contribution is 2.16. The summed E-state index contributed by atoms with van der Waals surface area (Å²) in [6, 6.07) is 9.46. The first kappa shape index (κ1) is 19.1. The van der Waals surface area contributed by atoms with Crippen LogP contribution in [0.1, 0.15) is 39.7 Å². The molecule has 25 heavy (non-hydrogen) atoms. The van der Waals surface area contributed by atoms with Gasteiger partial charge in [0, 0.05) is 25.7 Å². The summed E-state index contributed by atoms with van der Waals surface area (Å²) in [4.78, 5) is 28.0. The van der Waals surface area contributed by atoms with Crippen LogP contribution in [0.4, 0.5) is 9.59 Å². The van der Waals surface area contributed by atoms with Crippen molar-refractivity contribution in [3.63, 3.8) is 0 Å². The molecule has 0 aliphatic carbocycles. The summed E-state index contributed by atoms with van der Waals surface area (Å²) >= 11 is 0. The number of hydrogen-bond donors (Lipinski definition) is 0. The molecule has 0 N–H and O–H groups in total. The fourth-order valence-electron chi connectivity index (χ4n) is 2.73. The van der Waals surface area contributed by atoms with Crippen LogP contribution in [-0.4, -0.2) is 53.3 Å². The smallest absolute Gasteiger partial charge is 0.410 e. The van der Waals surface area contributed by atoms with Crippen molar-refractivity contribution < 1.29 is 19.1 Å². The highest BCUT2D eigenvalue weighted by atomic mass is 16.6. The van der Waals surface area contributed by atoms with E-state index in [1.54, 1.807) is 9.80 Å². The van der Waals surface area contributed by atoms with Crippen LogP contribution in [0, 0.1) is 0 Å². The number of carbonyl (C=O) groups excluding carboxylic acids is 2. The molecule has 6 nitrogen and oxygen atoms in total. The summed E-state index contributed by atoms with van der Waals surface area (Å²) in [5.41, 5.74) is 0.426. The summed E-state index contributed by atoms with van der Waals surface area (Å²) in [6.07, 6.45) is 0.0190. The molecular formula is C19H28N2O4. The van der Waals surface area contributed by atoms with Gasteiger partial charge in [0.25, 0.3) is 0 Å². The molecule has 1 saturated heterocycles. The van der Waals surface area contributed by atoms with Crippen molar-refractivity contribution in [3.8, 4) is 0 Å². The second-order valence-electron chi connectivity index (χ2n) is 7.36. The fraction of sp³-hybridized carbons (Fsp3) is 0.579. The molecule has 0 bridgehead atoms. The molecule has 1 fully saturated rings. The van der Waals surface area contributed by atoms with Crippen LogP contribution in [-0.2, 0) is 16.1 Å². The third kappa shape index (κ3) is 5.96. The molecule has 6 heteroatoms. The molecule has 0 unspecified atom stereocenters. The molecule has 138 valence electrons. The van der Waals surface area contributed by atoms with E-state index in [2.05, 4.69) is 0 Å². The first-order valence-corrected chi connectivity index (χ1v) is 8.71. The van der Waals surface area contributed by atoms with Crippen LogP contribution in [0.2, 0.25) is 0 Å². The normalized spacial score (nSPS) is 18.5. The van der Waals surface area contributed by atoms with Gasteiger partial charge in [-0.1, -0.05) is 30.3 Å². The Kier molecular flexibility index (Phi) is 6.28. The zero-order valence-corrected chi connectivity index (χ0v) is 15.5. The molecule has 0 aromatic heterocycles. The largest absolute Gasteiger partial charge is 0.445 e. The Morgan fingerprint density at radius 2 is 1.80 bits per heavy atom. The van der Waals surface area contributed by atoms with Gasteiger partial charge in [0.1, 0.15) is 12.2 Å². The highest BCUT2D eigenvalue weighted by Gasteiger charge is 2.30. The Morgan fingerprint density at radius 3 is 2.44 bits per heavy atom. The van der Waals surface area contributed by atoms with Crippen molar-refractivity contribution in [1.29, 1.82) is 0 Å². The summed E-state index contributed by atoms with van der Waals surface area (Å²) in [7, 11) is 0. The minimum absolute atomic E-state index is 0.127. The lowest BCUT2D eigenvalue weighted by molar-refractivity contribution is 0.0229. The summed E-state index contributed by atoms with van der Waals surface area (Å²) in [5.74, 6) is 0. The molecule has 0 radical (unpaired) electrons. The monoisotopic (exact) mass is 348 g/mol. The molecule has 1 aromatic rings. The van der Waals surface area contributed by atoms with Gasteiger partial charge in [-0.3, -0.25) is 0 Å². The molecular weight excluding hydrogens is 320 g/mol. The van der Waals surface area contributed by atoms with Gasteiger partial charge in [0.2, 0.25) is 0 Å². The number of benzene rings is 1. The number of carbonyl (C=O) groups is 2. The maximum absolute atomic E-state index is 12.4. The first-order valence-electron chi connectivity index (χ1n) is 8.71. The van der Waals surface area contributed by atoms with E-state index in [-0.39, 0.29) is 24.8 Å². The predicted octanol–water partition coefficient (Wildman–Crippen LogP) is 3.65. The van der Waals surface area contributed by atoms with E-state index in [9.17, 15) is 9.59 Å². The molecule has 1 aliphatic rings. The molecule has 0 saturated carbocycles. The van der Waals surface area contributed by atoms with Gasteiger partial charge in [-0.2, -0.15) is 0 Å². The third-order valence-corrected chi connectivity index (χ3v) is 3.94. The van der Waals surface area contributed by atoms with Crippen LogP contribution in [0.3, 0.4) is 0 Å². The lowest BCUT2D eigenvalue weighted by atomic mass is 10.2. The van der Waals surface area contributed by atoms with E-state index < -0.39 is 5.60 Å². The standard InChI is InChI=1S/C19H28N2O4/c1-15-13-20(17(22)25-19(2,3)4)11-8-12-21(15)18(23)24-14-16-9-6-5-7-10-16/h5-7,9-10,15H,8,11-14H2,1-4H3/t15-/m0/s1. The second kappa shape index (κ2) is 8.23. The molecule has 1 aliphatic heterocycles. The number of nitrogens with zero attached hydrogens (tertiary/aromatic N) is 2. The number of ether oxygens (including phenoxy) is 2. The number of hydrogen-bond acceptors (Lipinski definition) is 4. The molecule has 1 aromatic carbocycles. The Hall–Kier alpha value is -2.24. The van der Waals surface area contributed by atoms with Gasteiger partial charge >= 0.3 is 12.2 Å². The maximum Gasteiger partial charge on any atom is 0.410 e. The topological polar surface area (TPSA) is 59.1 Å². The van der Waals surface area contributed by atoms with Gasteiger partial charge in [0.05, 0.1) is 0 Å². The van der Waals surface area contributed by atoms with Gasteiger partial charge < -0.3 is 19.3 Å². The maximum atomic E-state index is 12.4. The quantitative estimate of drug-likeness (QED) is 0.818. The molecule has 1 atom stereocenters. The number of amides is 2. The third-order valence-electron chi connectivity index (χ3n) is 3.94. The zero-order valence-electron chi connectivity index (χ0n) is 15.5.